The number of ether oxygens (including phenoxy) is 1. The molecule has 1 N–H and O–H groups in total. The second kappa shape index (κ2) is 7.33. The molecule has 1 amide bonds. The minimum absolute atomic E-state index is 0.412. The summed E-state index contributed by atoms with van der Waals surface area (Å²) in [6.45, 7) is 1.32. The van der Waals surface area contributed by atoms with Crippen molar-refractivity contribution in [2.24, 2.45) is 0 Å². The highest BCUT2D eigenvalue weighted by molar-refractivity contribution is 5.97. The number of nitriles is 1. The molecule has 0 bridgehead atoms. The molecule has 2 rings (SSSR count). The minimum atomic E-state index is -1.20. The first-order valence-corrected chi connectivity index (χ1v) is 6.88. The summed E-state index contributed by atoms with van der Waals surface area (Å²) in [5.41, 5.74) is 0.378. The van der Waals surface area contributed by atoms with Crippen molar-refractivity contribution in [3.63, 3.8) is 0 Å². The lowest BCUT2D eigenvalue weighted by Crippen LogP contribution is -2.30. The number of carbonyl (C=O) groups is 2. The maximum atomic E-state index is 13.5. The summed E-state index contributed by atoms with van der Waals surface area (Å²) in [5, 5.41) is 11.2. The molecule has 0 aliphatic heterocycles. The molecule has 24 heavy (non-hydrogen) atoms. The zero-order chi connectivity index (χ0) is 17.7. The van der Waals surface area contributed by atoms with Gasteiger partial charge in [0.05, 0.1) is 17.2 Å². The quantitative estimate of drug-likeness (QED) is 0.874. The van der Waals surface area contributed by atoms with E-state index >= 15 is 0 Å². The van der Waals surface area contributed by atoms with Crippen molar-refractivity contribution in [2.45, 2.75) is 13.0 Å². The molecule has 0 aliphatic rings. The molecule has 122 valence electrons. The van der Waals surface area contributed by atoms with E-state index in [9.17, 15) is 18.4 Å². The van der Waals surface area contributed by atoms with E-state index in [4.69, 9.17) is 10.00 Å². The van der Waals surface area contributed by atoms with Crippen molar-refractivity contribution in [1.82, 2.24) is 0 Å². The van der Waals surface area contributed by atoms with Crippen LogP contribution in [-0.2, 0) is 9.53 Å². The molecule has 0 radical (unpaired) electrons. The first-order valence-electron chi connectivity index (χ1n) is 6.88. The van der Waals surface area contributed by atoms with Crippen LogP contribution in [0.25, 0.3) is 0 Å². The maximum absolute atomic E-state index is 13.5. The molecule has 1 unspecified atom stereocenters. The lowest BCUT2D eigenvalue weighted by Gasteiger charge is -2.14. The van der Waals surface area contributed by atoms with Crippen molar-refractivity contribution in [3.05, 3.63) is 65.2 Å². The van der Waals surface area contributed by atoms with E-state index in [1.807, 2.05) is 6.07 Å². The summed E-state index contributed by atoms with van der Waals surface area (Å²) in [6, 6.07) is 10.4. The highest BCUT2D eigenvalue weighted by Crippen LogP contribution is 2.13. The zero-order valence-corrected chi connectivity index (χ0v) is 12.5. The van der Waals surface area contributed by atoms with E-state index in [2.05, 4.69) is 5.32 Å². The van der Waals surface area contributed by atoms with Gasteiger partial charge in [-0.2, -0.15) is 5.26 Å². The Bertz CT molecular complexity index is 814. The van der Waals surface area contributed by atoms with Gasteiger partial charge in [-0.25, -0.2) is 13.6 Å². The Hall–Kier alpha value is -3.27. The number of nitrogens with one attached hydrogen (secondary N) is 1. The fourth-order valence-corrected chi connectivity index (χ4v) is 1.80. The number of halogens is 2. The number of amides is 1. The largest absolute Gasteiger partial charge is 0.449 e. The fraction of sp³-hybridized carbons (Fsp3) is 0.118. The van der Waals surface area contributed by atoms with Gasteiger partial charge in [-0.15, -0.1) is 0 Å². The summed E-state index contributed by atoms with van der Waals surface area (Å²) in [7, 11) is 0. The molecule has 0 spiro atoms. The van der Waals surface area contributed by atoms with E-state index in [0.29, 0.717) is 17.3 Å². The first kappa shape index (κ1) is 17.1. The van der Waals surface area contributed by atoms with Gasteiger partial charge in [-0.3, -0.25) is 4.79 Å². The fourth-order valence-electron chi connectivity index (χ4n) is 1.80. The van der Waals surface area contributed by atoms with Crippen molar-refractivity contribution < 1.29 is 23.1 Å². The zero-order valence-electron chi connectivity index (χ0n) is 12.5. The second-order valence-electron chi connectivity index (χ2n) is 4.85. The smallest absolute Gasteiger partial charge is 0.341 e. The summed E-state index contributed by atoms with van der Waals surface area (Å²) in [5.74, 6) is -3.60. The lowest BCUT2D eigenvalue weighted by atomic mass is 10.2. The Labute approximate surface area is 136 Å². The third-order valence-electron chi connectivity index (χ3n) is 3.09. The third kappa shape index (κ3) is 4.14. The van der Waals surface area contributed by atoms with Crippen molar-refractivity contribution >= 4 is 17.6 Å². The van der Waals surface area contributed by atoms with Gasteiger partial charge in [0.15, 0.2) is 6.10 Å². The number of carbonyl (C=O) groups excluding carboxylic acids is 2. The van der Waals surface area contributed by atoms with Gasteiger partial charge in [0.25, 0.3) is 5.91 Å². The number of hydrogen-bond acceptors (Lipinski definition) is 4. The molecule has 1 atom stereocenters. The molecule has 0 heterocycles. The number of nitrogens with zero attached hydrogens (tertiary/aromatic N) is 1. The molecule has 0 aliphatic carbocycles. The number of rotatable bonds is 4. The molecule has 5 nitrogen and oxygen atoms in total. The van der Waals surface area contributed by atoms with Crippen molar-refractivity contribution in [2.75, 3.05) is 5.32 Å². The van der Waals surface area contributed by atoms with Crippen LogP contribution in [-0.4, -0.2) is 18.0 Å². The van der Waals surface area contributed by atoms with E-state index < -0.39 is 35.2 Å². The topological polar surface area (TPSA) is 79.2 Å². The summed E-state index contributed by atoms with van der Waals surface area (Å²) in [6.07, 6.45) is -1.20. The molecular weight excluding hydrogens is 318 g/mol. The molecule has 0 saturated heterocycles. The molecule has 2 aromatic rings. The van der Waals surface area contributed by atoms with Crippen LogP contribution >= 0.6 is 0 Å². The van der Waals surface area contributed by atoms with Crippen LogP contribution in [0.3, 0.4) is 0 Å². The van der Waals surface area contributed by atoms with Crippen molar-refractivity contribution in [3.8, 4) is 6.07 Å². The van der Waals surface area contributed by atoms with E-state index in [1.165, 1.54) is 31.2 Å². The Kier molecular flexibility index (Phi) is 5.22. The molecule has 0 saturated carbocycles. The first-order chi connectivity index (χ1) is 11.4. The SMILES string of the molecule is CC(OC(=O)c1ccc(F)cc1F)C(=O)Nc1ccc(C#N)cc1. The van der Waals surface area contributed by atoms with E-state index in [-0.39, 0.29) is 0 Å². The summed E-state index contributed by atoms with van der Waals surface area (Å²) >= 11 is 0. The minimum Gasteiger partial charge on any atom is -0.449 e. The standard InChI is InChI=1S/C17H12F2N2O3/c1-10(16(22)21-13-5-2-11(9-20)3-6-13)24-17(23)14-7-4-12(18)8-15(14)19/h2-8,10H,1H3,(H,21,22). The van der Waals surface area contributed by atoms with Crippen molar-refractivity contribution in [1.29, 1.82) is 5.26 Å². The summed E-state index contributed by atoms with van der Waals surface area (Å²) in [4.78, 5) is 23.8. The van der Waals surface area contributed by atoms with Crippen LogP contribution in [0.5, 0.6) is 0 Å². The van der Waals surface area contributed by atoms with Gasteiger partial charge in [-0.05, 0) is 43.3 Å². The Morgan fingerprint density at radius 2 is 1.83 bits per heavy atom. The monoisotopic (exact) mass is 330 g/mol. The molecule has 0 aromatic heterocycles. The number of anilines is 1. The van der Waals surface area contributed by atoms with Gasteiger partial charge < -0.3 is 10.1 Å². The average Bonchev–Trinajstić information content (AvgIpc) is 2.55. The third-order valence-corrected chi connectivity index (χ3v) is 3.09. The van der Waals surface area contributed by atoms with E-state index in [1.54, 1.807) is 0 Å². The average molecular weight is 330 g/mol. The Balaban J connectivity index is 2.00. The number of benzene rings is 2. The predicted octanol–water partition coefficient (Wildman–Crippen LogP) is 3.02. The van der Waals surface area contributed by atoms with Crippen LogP contribution in [0.15, 0.2) is 42.5 Å². The van der Waals surface area contributed by atoms with Crippen LogP contribution < -0.4 is 5.32 Å². The highest BCUT2D eigenvalue weighted by atomic mass is 19.1. The highest BCUT2D eigenvalue weighted by Gasteiger charge is 2.21. The van der Waals surface area contributed by atoms with Crippen LogP contribution in [0.2, 0.25) is 0 Å². The normalized spacial score (nSPS) is 11.2. The predicted molar refractivity (Wildman–Crippen MR) is 81.0 cm³/mol. The van der Waals surface area contributed by atoms with Crippen LogP contribution in [0.4, 0.5) is 14.5 Å². The van der Waals surface area contributed by atoms with Crippen LogP contribution in [0, 0.1) is 23.0 Å². The second-order valence-corrected chi connectivity index (χ2v) is 4.85. The molecule has 0 fully saturated rings. The Morgan fingerprint density at radius 3 is 2.42 bits per heavy atom. The lowest BCUT2D eigenvalue weighted by molar-refractivity contribution is -0.123. The van der Waals surface area contributed by atoms with Crippen LogP contribution in [0.1, 0.15) is 22.8 Å². The van der Waals surface area contributed by atoms with Gasteiger partial charge in [0.1, 0.15) is 11.6 Å². The van der Waals surface area contributed by atoms with Gasteiger partial charge in [-0.1, -0.05) is 0 Å². The van der Waals surface area contributed by atoms with Gasteiger partial charge in [0, 0.05) is 11.8 Å². The summed E-state index contributed by atoms with van der Waals surface area (Å²) < 4.78 is 31.2. The van der Waals surface area contributed by atoms with Gasteiger partial charge >= 0.3 is 5.97 Å². The number of hydrogen-bond donors (Lipinski definition) is 1. The Morgan fingerprint density at radius 1 is 1.17 bits per heavy atom. The molecular formula is C17H12F2N2O3. The molecule has 7 heteroatoms. The molecule has 2 aromatic carbocycles. The van der Waals surface area contributed by atoms with Gasteiger partial charge in [0.2, 0.25) is 0 Å². The number of esters is 1. The maximum Gasteiger partial charge on any atom is 0.341 e. The van der Waals surface area contributed by atoms with E-state index in [0.717, 1.165) is 12.1 Å².